The van der Waals surface area contributed by atoms with E-state index in [1.165, 1.54) is 13.0 Å². The third kappa shape index (κ3) is 3.15. The quantitative estimate of drug-likeness (QED) is 0.909. The van der Waals surface area contributed by atoms with Crippen LogP contribution in [0, 0.1) is 17.1 Å². The van der Waals surface area contributed by atoms with Gasteiger partial charge in [0.05, 0.1) is 6.07 Å². The highest BCUT2D eigenvalue weighted by Crippen LogP contribution is 2.33. The maximum atomic E-state index is 13.9. The zero-order valence-corrected chi connectivity index (χ0v) is 13.3. The van der Waals surface area contributed by atoms with Gasteiger partial charge in [-0.25, -0.2) is 4.39 Å². The molecule has 0 unspecified atom stereocenters. The second-order valence-corrected chi connectivity index (χ2v) is 5.94. The zero-order chi connectivity index (χ0) is 17.1. The molecule has 0 radical (unpaired) electrons. The highest BCUT2D eigenvalue weighted by Gasteiger charge is 2.41. The van der Waals surface area contributed by atoms with E-state index in [2.05, 4.69) is 16.7 Å². The van der Waals surface area contributed by atoms with Crippen molar-refractivity contribution in [1.29, 1.82) is 5.26 Å². The number of nitriles is 1. The SMILES string of the molecule is CC(=O)NC[C@@H]1N[C@@H](C#N)[C@@H]1c1ccc(-c2ccccc2F)cc1. The number of hydrogen-bond acceptors (Lipinski definition) is 3. The van der Waals surface area contributed by atoms with Gasteiger partial charge >= 0.3 is 0 Å². The molecule has 0 saturated carbocycles. The van der Waals surface area contributed by atoms with Gasteiger partial charge in [0.2, 0.25) is 5.91 Å². The van der Waals surface area contributed by atoms with Crippen molar-refractivity contribution in [3.05, 3.63) is 59.9 Å². The Bertz CT molecular complexity index is 782. The number of amides is 1. The molecule has 122 valence electrons. The highest BCUT2D eigenvalue weighted by molar-refractivity contribution is 5.72. The summed E-state index contributed by atoms with van der Waals surface area (Å²) in [5, 5.41) is 15.2. The van der Waals surface area contributed by atoms with E-state index in [0.717, 1.165) is 11.1 Å². The van der Waals surface area contributed by atoms with E-state index in [0.29, 0.717) is 12.1 Å². The lowest BCUT2D eigenvalue weighted by molar-refractivity contribution is -0.119. The first-order valence-corrected chi connectivity index (χ1v) is 7.85. The van der Waals surface area contributed by atoms with Gasteiger partial charge in [-0.3, -0.25) is 10.1 Å². The van der Waals surface area contributed by atoms with Crippen LogP contribution in [0.1, 0.15) is 18.4 Å². The average Bonchev–Trinajstić information content (AvgIpc) is 2.55. The van der Waals surface area contributed by atoms with Crippen LogP contribution in [0.25, 0.3) is 11.1 Å². The van der Waals surface area contributed by atoms with Crippen LogP contribution >= 0.6 is 0 Å². The minimum Gasteiger partial charge on any atom is -0.355 e. The molecule has 5 heteroatoms. The van der Waals surface area contributed by atoms with Crippen molar-refractivity contribution in [3.8, 4) is 17.2 Å². The van der Waals surface area contributed by atoms with E-state index in [1.807, 2.05) is 24.3 Å². The molecule has 1 aliphatic heterocycles. The minimum absolute atomic E-state index is 0.0107. The number of halogens is 1. The van der Waals surface area contributed by atoms with E-state index in [4.69, 9.17) is 0 Å². The van der Waals surface area contributed by atoms with Gasteiger partial charge in [0.15, 0.2) is 0 Å². The summed E-state index contributed by atoms with van der Waals surface area (Å²) in [7, 11) is 0. The third-order valence-electron chi connectivity index (χ3n) is 4.38. The first kappa shape index (κ1) is 16.2. The minimum atomic E-state index is -0.275. The first-order chi connectivity index (χ1) is 11.6. The Morgan fingerprint density at radius 2 is 1.96 bits per heavy atom. The molecule has 0 aromatic heterocycles. The van der Waals surface area contributed by atoms with Crippen molar-refractivity contribution >= 4 is 5.91 Å². The fourth-order valence-electron chi connectivity index (χ4n) is 3.11. The van der Waals surface area contributed by atoms with Gasteiger partial charge in [0.1, 0.15) is 11.9 Å². The summed E-state index contributed by atoms with van der Waals surface area (Å²) in [6, 6.07) is 16.2. The lowest BCUT2D eigenvalue weighted by Gasteiger charge is -2.43. The van der Waals surface area contributed by atoms with Crippen LogP contribution < -0.4 is 10.6 Å². The van der Waals surface area contributed by atoms with Crippen LogP contribution in [0.2, 0.25) is 0 Å². The van der Waals surface area contributed by atoms with E-state index < -0.39 is 0 Å². The largest absolute Gasteiger partial charge is 0.355 e. The summed E-state index contributed by atoms with van der Waals surface area (Å²) < 4.78 is 13.9. The Kier molecular flexibility index (Phi) is 4.59. The molecule has 3 rings (SSSR count). The molecule has 0 bridgehead atoms. The predicted molar refractivity (Wildman–Crippen MR) is 89.6 cm³/mol. The molecule has 2 aromatic carbocycles. The van der Waals surface area contributed by atoms with Gasteiger partial charge in [-0.15, -0.1) is 0 Å². The predicted octanol–water partition coefficient (Wildman–Crippen LogP) is 2.58. The smallest absolute Gasteiger partial charge is 0.216 e. The summed E-state index contributed by atoms with van der Waals surface area (Å²) >= 11 is 0. The molecule has 1 saturated heterocycles. The number of benzene rings is 2. The van der Waals surface area contributed by atoms with Crippen LogP contribution in [0.15, 0.2) is 48.5 Å². The highest BCUT2D eigenvalue weighted by atomic mass is 19.1. The summed E-state index contributed by atoms with van der Waals surface area (Å²) in [6.07, 6.45) is 0. The second kappa shape index (κ2) is 6.81. The number of carbonyl (C=O) groups excluding carboxylic acids is 1. The van der Waals surface area contributed by atoms with Crippen molar-refractivity contribution in [2.75, 3.05) is 6.54 Å². The van der Waals surface area contributed by atoms with Crippen LogP contribution in [0.3, 0.4) is 0 Å². The number of rotatable bonds is 4. The van der Waals surface area contributed by atoms with Gasteiger partial charge in [0.25, 0.3) is 0 Å². The zero-order valence-electron chi connectivity index (χ0n) is 13.3. The van der Waals surface area contributed by atoms with Crippen LogP contribution in [0.5, 0.6) is 0 Å². The standard InChI is InChI=1S/C19H18FN3O/c1-12(24)22-11-18-19(17(10-21)23-18)14-8-6-13(7-9-14)15-4-2-3-5-16(15)20/h2-9,17-19,23H,11H2,1H3,(H,22,24)/t17-,18-,19-/m0/s1. The van der Waals surface area contributed by atoms with Crippen LogP contribution in [-0.2, 0) is 4.79 Å². The molecular formula is C19H18FN3O. The Hall–Kier alpha value is -2.71. The van der Waals surface area contributed by atoms with Crippen molar-refractivity contribution < 1.29 is 9.18 Å². The molecule has 2 aromatic rings. The topological polar surface area (TPSA) is 64.9 Å². The summed E-state index contributed by atoms with van der Waals surface area (Å²) in [5.41, 5.74) is 2.37. The number of nitrogens with zero attached hydrogens (tertiary/aromatic N) is 1. The van der Waals surface area contributed by atoms with Gasteiger partial charge in [-0.05, 0) is 17.2 Å². The molecule has 24 heavy (non-hydrogen) atoms. The fraction of sp³-hybridized carbons (Fsp3) is 0.263. The summed E-state index contributed by atoms with van der Waals surface area (Å²) in [5.74, 6) is -0.337. The molecule has 2 N–H and O–H groups in total. The van der Waals surface area contributed by atoms with E-state index in [9.17, 15) is 14.4 Å². The molecule has 3 atom stereocenters. The second-order valence-electron chi connectivity index (χ2n) is 5.94. The van der Waals surface area contributed by atoms with Gasteiger partial charge < -0.3 is 5.32 Å². The summed E-state index contributed by atoms with van der Waals surface area (Å²) in [6.45, 7) is 1.95. The number of carbonyl (C=O) groups is 1. The van der Waals surface area contributed by atoms with E-state index >= 15 is 0 Å². The van der Waals surface area contributed by atoms with Gasteiger partial charge in [-0.2, -0.15) is 5.26 Å². The maximum absolute atomic E-state index is 13.9. The Morgan fingerprint density at radius 1 is 1.25 bits per heavy atom. The maximum Gasteiger partial charge on any atom is 0.216 e. The lowest BCUT2D eigenvalue weighted by atomic mass is 9.77. The third-order valence-corrected chi connectivity index (χ3v) is 4.38. The number of nitrogens with one attached hydrogen (secondary N) is 2. The molecule has 1 aliphatic rings. The molecule has 0 aliphatic carbocycles. The molecule has 1 heterocycles. The van der Waals surface area contributed by atoms with Gasteiger partial charge in [-0.1, -0.05) is 42.5 Å². The van der Waals surface area contributed by atoms with Crippen molar-refractivity contribution in [3.63, 3.8) is 0 Å². The molecule has 4 nitrogen and oxygen atoms in total. The molecule has 1 amide bonds. The monoisotopic (exact) mass is 323 g/mol. The normalized spacial score (nSPS) is 22.3. The average molecular weight is 323 g/mol. The molecular weight excluding hydrogens is 305 g/mol. The van der Waals surface area contributed by atoms with Crippen molar-refractivity contribution in [2.45, 2.75) is 24.9 Å². The number of hydrogen-bond donors (Lipinski definition) is 2. The first-order valence-electron chi connectivity index (χ1n) is 7.85. The Labute approximate surface area is 140 Å². The summed E-state index contributed by atoms with van der Waals surface area (Å²) in [4.78, 5) is 11.1. The van der Waals surface area contributed by atoms with Crippen LogP contribution in [0.4, 0.5) is 4.39 Å². The molecule has 0 spiro atoms. The molecule has 1 fully saturated rings. The van der Waals surface area contributed by atoms with E-state index in [1.54, 1.807) is 18.2 Å². The van der Waals surface area contributed by atoms with Crippen LogP contribution in [-0.4, -0.2) is 24.5 Å². The van der Waals surface area contributed by atoms with Gasteiger partial charge in [0, 0.05) is 31.0 Å². The van der Waals surface area contributed by atoms with Crippen molar-refractivity contribution in [2.24, 2.45) is 0 Å². The Morgan fingerprint density at radius 3 is 2.58 bits per heavy atom. The van der Waals surface area contributed by atoms with E-state index in [-0.39, 0.29) is 29.7 Å². The lowest BCUT2D eigenvalue weighted by Crippen LogP contribution is -2.62. The Balaban J connectivity index is 1.80. The fourth-order valence-corrected chi connectivity index (χ4v) is 3.11. The van der Waals surface area contributed by atoms with Crippen molar-refractivity contribution in [1.82, 2.24) is 10.6 Å².